The standard InChI is InChI=1S/C13H17BrN2O2S/c14-11-1-5-13(6-2-11)19(17,18)16-9-7-15(8-10-16)12-3-4-12/h1-2,5-6,12H,3-4,7-10H2. The fourth-order valence-corrected chi connectivity index (χ4v) is 4.19. The third kappa shape index (κ3) is 2.86. The molecule has 1 saturated heterocycles. The average Bonchev–Trinajstić information content (AvgIpc) is 3.24. The van der Waals surface area contributed by atoms with Gasteiger partial charge in [0.2, 0.25) is 10.0 Å². The largest absolute Gasteiger partial charge is 0.298 e. The van der Waals surface area contributed by atoms with Crippen LogP contribution in [0.3, 0.4) is 0 Å². The van der Waals surface area contributed by atoms with E-state index in [2.05, 4.69) is 20.8 Å². The Bertz CT molecular complexity index is 547. The van der Waals surface area contributed by atoms with Gasteiger partial charge in [0.25, 0.3) is 0 Å². The first-order valence-electron chi connectivity index (χ1n) is 6.57. The van der Waals surface area contributed by atoms with Gasteiger partial charge in [-0.05, 0) is 37.1 Å². The highest BCUT2D eigenvalue weighted by Crippen LogP contribution is 2.28. The molecule has 6 heteroatoms. The Morgan fingerprint density at radius 1 is 1.00 bits per heavy atom. The van der Waals surface area contributed by atoms with Crippen LogP contribution < -0.4 is 0 Å². The first kappa shape index (κ1) is 13.5. The minimum absolute atomic E-state index is 0.385. The number of halogens is 1. The molecule has 2 aliphatic rings. The monoisotopic (exact) mass is 344 g/mol. The summed E-state index contributed by atoms with van der Waals surface area (Å²) in [4.78, 5) is 2.80. The summed E-state index contributed by atoms with van der Waals surface area (Å²) in [6.07, 6.45) is 2.55. The average molecular weight is 345 g/mol. The molecule has 19 heavy (non-hydrogen) atoms. The summed E-state index contributed by atoms with van der Waals surface area (Å²) in [5.74, 6) is 0. The molecular formula is C13H17BrN2O2S. The molecule has 0 radical (unpaired) electrons. The summed E-state index contributed by atoms with van der Waals surface area (Å²) in [6, 6.07) is 7.58. The molecule has 0 atom stereocenters. The molecule has 104 valence electrons. The van der Waals surface area contributed by atoms with Crippen molar-refractivity contribution in [2.45, 2.75) is 23.8 Å². The van der Waals surface area contributed by atoms with Gasteiger partial charge in [0, 0.05) is 36.7 Å². The maximum atomic E-state index is 12.5. The van der Waals surface area contributed by atoms with Gasteiger partial charge in [-0.2, -0.15) is 4.31 Å². The first-order valence-corrected chi connectivity index (χ1v) is 8.80. The Morgan fingerprint density at radius 2 is 1.58 bits per heavy atom. The van der Waals surface area contributed by atoms with E-state index < -0.39 is 10.0 Å². The molecule has 1 aliphatic carbocycles. The highest BCUT2D eigenvalue weighted by Gasteiger charge is 2.34. The van der Waals surface area contributed by atoms with Crippen LogP contribution in [0.1, 0.15) is 12.8 Å². The molecule has 1 aromatic rings. The number of hydrogen-bond donors (Lipinski definition) is 0. The third-order valence-corrected chi connectivity index (χ3v) is 6.23. The van der Waals surface area contributed by atoms with E-state index in [1.165, 1.54) is 12.8 Å². The second kappa shape index (κ2) is 5.16. The summed E-state index contributed by atoms with van der Waals surface area (Å²) in [7, 11) is -3.32. The molecule has 0 spiro atoms. The summed E-state index contributed by atoms with van der Waals surface area (Å²) in [5.41, 5.74) is 0. The van der Waals surface area contributed by atoms with Crippen molar-refractivity contribution >= 4 is 26.0 Å². The zero-order valence-corrected chi connectivity index (χ0v) is 13.0. The van der Waals surface area contributed by atoms with E-state index >= 15 is 0 Å². The van der Waals surface area contributed by atoms with E-state index in [-0.39, 0.29) is 0 Å². The Kier molecular flexibility index (Phi) is 3.68. The van der Waals surface area contributed by atoms with Gasteiger partial charge in [0.1, 0.15) is 0 Å². The van der Waals surface area contributed by atoms with E-state index in [1.807, 2.05) is 0 Å². The molecule has 3 rings (SSSR count). The maximum Gasteiger partial charge on any atom is 0.243 e. The van der Waals surface area contributed by atoms with Crippen LogP contribution in [0.25, 0.3) is 0 Å². The van der Waals surface area contributed by atoms with Crippen molar-refractivity contribution < 1.29 is 8.42 Å². The van der Waals surface area contributed by atoms with E-state index in [4.69, 9.17) is 0 Å². The topological polar surface area (TPSA) is 40.6 Å². The van der Waals surface area contributed by atoms with E-state index in [0.717, 1.165) is 23.6 Å². The van der Waals surface area contributed by atoms with Gasteiger partial charge in [-0.1, -0.05) is 15.9 Å². The van der Waals surface area contributed by atoms with Crippen molar-refractivity contribution in [3.05, 3.63) is 28.7 Å². The van der Waals surface area contributed by atoms with E-state index in [9.17, 15) is 8.42 Å². The molecule has 0 bridgehead atoms. The lowest BCUT2D eigenvalue weighted by Crippen LogP contribution is -2.49. The molecular weight excluding hydrogens is 328 g/mol. The number of benzene rings is 1. The molecule has 4 nitrogen and oxygen atoms in total. The first-order chi connectivity index (χ1) is 9.07. The van der Waals surface area contributed by atoms with Crippen LogP contribution >= 0.6 is 15.9 Å². The Hall–Kier alpha value is -0.430. The van der Waals surface area contributed by atoms with Crippen LogP contribution in [0.15, 0.2) is 33.6 Å². The number of rotatable bonds is 3. The lowest BCUT2D eigenvalue weighted by atomic mass is 10.3. The summed E-state index contributed by atoms with van der Waals surface area (Å²) < 4.78 is 27.5. The molecule has 0 amide bonds. The van der Waals surface area contributed by atoms with Crippen LogP contribution in [-0.2, 0) is 10.0 Å². The summed E-state index contributed by atoms with van der Waals surface area (Å²) in [6.45, 7) is 2.94. The van der Waals surface area contributed by atoms with Crippen molar-refractivity contribution in [1.82, 2.24) is 9.21 Å². The van der Waals surface area contributed by atoms with Gasteiger partial charge in [0.05, 0.1) is 4.90 Å². The van der Waals surface area contributed by atoms with Crippen LogP contribution in [0, 0.1) is 0 Å². The Labute approximate surface area is 122 Å². The van der Waals surface area contributed by atoms with Gasteiger partial charge < -0.3 is 0 Å². The Balaban J connectivity index is 1.72. The summed E-state index contributed by atoms with van der Waals surface area (Å²) >= 11 is 3.32. The normalized spacial score (nSPS) is 22.6. The smallest absolute Gasteiger partial charge is 0.243 e. The van der Waals surface area contributed by atoms with Gasteiger partial charge in [-0.15, -0.1) is 0 Å². The van der Waals surface area contributed by atoms with Gasteiger partial charge >= 0.3 is 0 Å². The molecule has 1 aliphatic heterocycles. The number of sulfonamides is 1. The molecule has 2 fully saturated rings. The van der Waals surface area contributed by atoms with Crippen LogP contribution in [0.2, 0.25) is 0 Å². The van der Waals surface area contributed by atoms with Gasteiger partial charge in [0.15, 0.2) is 0 Å². The minimum atomic E-state index is -3.32. The number of hydrogen-bond acceptors (Lipinski definition) is 3. The van der Waals surface area contributed by atoms with Crippen molar-refractivity contribution in [2.24, 2.45) is 0 Å². The second-order valence-corrected chi connectivity index (χ2v) is 7.98. The minimum Gasteiger partial charge on any atom is -0.298 e. The lowest BCUT2D eigenvalue weighted by molar-refractivity contribution is 0.180. The highest BCUT2D eigenvalue weighted by molar-refractivity contribution is 9.10. The van der Waals surface area contributed by atoms with Crippen LogP contribution in [0.4, 0.5) is 0 Å². The molecule has 1 aromatic carbocycles. The molecule has 0 unspecified atom stereocenters. The van der Waals surface area contributed by atoms with E-state index in [0.29, 0.717) is 18.0 Å². The Morgan fingerprint density at radius 3 is 2.11 bits per heavy atom. The number of piperazine rings is 1. The van der Waals surface area contributed by atoms with Crippen molar-refractivity contribution in [3.8, 4) is 0 Å². The zero-order valence-electron chi connectivity index (χ0n) is 10.6. The van der Waals surface area contributed by atoms with Crippen molar-refractivity contribution in [2.75, 3.05) is 26.2 Å². The SMILES string of the molecule is O=S(=O)(c1ccc(Br)cc1)N1CCN(C2CC2)CC1. The highest BCUT2D eigenvalue weighted by atomic mass is 79.9. The molecule has 0 N–H and O–H groups in total. The van der Waals surface area contributed by atoms with Crippen molar-refractivity contribution in [3.63, 3.8) is 0 Å². The van der Waals surface area contributed by atoms with Crippen molar-refractivity contribution in [1.29, 1.82) is 0 Å². The van der Waals surface area contributed by atoms with Gasteiger partial charge in [-0.3, -0.25) is 4.90 Å². The quantitative estimate of drug-likeness (QED) is 0.840. The van der Waals surface area contributed by atoms with Gasteiger partial charge in [-0.25, -0.2) is 8.42 Å². The fourth-order valence-electron chi connectivity index (χ4n) is 2.50. The lowest BCUT2D eigenvalue weighted by Gasteiger charge is -2.34. The maximum absolute atomic E-state index is 12.5. The summed E-state index contributed by atoms with van der Waals surface area (Å²) in [5, 5.41) is 0. The van der Waals surface area contributed by atoms with Crippen LogP contribution in [-0.4, -0.2) is 49.8 Å². The predicted octanol–water partition coefficient (Wildman–Crippen LogP) is 1.92. The molecule has 1 saturated carbocycles. The number of nitrogens with zero attached hydrogens (tertiary/aromatic N) is 2. The molecule has 1 heterocycles. The second-order valence-electron chi connectivity index (χ2n) is 5.13. The van der Waals surface area contributed by atoms with Crippen LogP contribution in [0.5, 0.6) is 0 Å². The fraction of sp³-hybridized carbons (Fsp3) is 0.538. The van der Waals surface area contributed by atoms with E-state index in [1.54, 1.807) is 28.6 Å². The molecule has 0 aromatic heterocycles. The third-order valence-electron chi connectivity index (χ3n) is 3.79. The predicted molar refractivity (Wildman–Crippen MR) is 77.5 cm³/mol. The zero-order chi connectivity index (χ0) is 13.5.